The van der Waals surface area contributed by atoms with Gasteiger partial charge in [0.05, 0.1) is 11.4 Å². The van der Waals surface area contributed by atoms with Gasteiger partial charge in [-0.3, -0.25) is 0 Å². The maximum Gasteiger partial charge on any atom is 0.252 e. The van der Waals surface area contributed by atoms with E-state index in [0.29, 0.717) is 5.82 Å². The van der Waals surface area contributed by atoms with E-state index in [1.165, 1.54) is 59.5 Å². The Bertz CT molecular complexity index is 5080. The molecule has 0 radical (unpaired) electrons. The Labute approximate surface area is 529 Å². The number of hydrogen-bond acceptors (Lipinski definition) is 4. The topological polar surface area (TPSA) is 32.3 Å². The first-order chi connectivity index (χ1) is 45.0. The average Bonchev–Trinajstić information content (AvgIpc) is 0.721. The van der Waals surface area contributed by atoms with Gasteiger partial charge in [-0.25, -0.2) is 9.97 Å². The minimum absolute atomic E-state index is 0.225. The van der Waals surface area contributed by atoms with Crippen LogP contribution in [0.3, 0.4) is 0 Å². The van der Waals surface area contributed by atoms with E-state index in [1.807, 2.05) is 0 Å². The Balaban J connectivity index is 1.01. The smallest absolute Gasteiger partial charge is 0.252 e. The van der Waals surface area contributed by atoms with Crippen molar-refractivity contribution in [3.63, 3.8) is 0 Å². The van der Waals surface area contributed by atoms with Crippen molar-refractivity contribution in [2.75, 3.05) is 9.80 Å². The summed E-state index contributed by atoms with van der Waals surface area (Å²) in [7, 11) is 0. The summed E-state index contributed by atoms with van der Waals surface area (Å²) in [5.74, 6) is 0.633. The molecular weight excluding hydrogens is 1100 g/mol. The van der Waals surface area contributed by atoms with Gasteiger partial charge in [0.2, 0.25) is 0 Å². The van der Waals surface area contributed by atoms with E-state index in [-0.39, 0.29) is 6.71 Å². The third-order valence-electron chi connectivity index (χ3n) is 18.6. The van der Waals surface area contributed by atoms with Crippen LogP contribution in [0.15, 0.2) is 334 Å². The highest BCUT2D eigenvalue weighted by atomic mass is 15.2. The Morgan fingerprint density at radius 2 is 0.505 bits per heavy atom. The van der Waals surface area contributed by atoms with Crippen molar-refractivity contribution in [3.05, 3.63) is 334 Å². The number of benzene rings is 15. The molecule has 0 amide bonds. The fraction of sp³-hybridized carbons (Fsp3) is 0. The predicted octanol–water partition coefficient (Wildman–Crippen LogP) is 20.8. The Kier molecular flexibility index (Phi) is 12.3. The van der Waals surface area contributed by atoms with Crippen LogP contribution < -0.4 is 26.2 Å². The number of anilines is 6. The first kappa shape index (κ1) is 52.2. The third-order valence-corrected chi connectivity index (χ3v) is 18.6. The van der Waals surface area contributed by atoms with Crippen molar-refractivity contribution in [2.45, 2.75) is 0 Å². The molecule has 91 heavy (non-hydrogen) atoms. The van der Waals surface area contributed by atoms with Crippen molar-refractivity contribution in [1.29, 1.82) is 0 Å². The van der Waals surface area contributed by atoms with E-state index in [9.17, 15) is 0 Å². The molecule has 3 heterocycles. The molecule has 15 aromatic carbocycles. The molecule has 2 aliphatic rings. The van der Waals surface area contributed by atoms with Gasteiger partial charge in [-0.2, -0.15) is 0 Å². The van der Waals surface area contributed by atoms with Crippen LogP contribution in [0.4, 0.5) is 34.1 Å². The molecule has 0 unspecified atom stereocenters. The molecule has 0 aliphatic carbocycles. The standard InChI is InChI=1S/C86H55BN4/c1-7-23-56(24-8-1)66-43-67(57-25-9-2-10-26-57)46-75(45-66)90-81-51-72-41-64-37-21-19-35-62(64)39-70(72)49-77(81)87-78-50-71-40-63-36-20-22-38-65(63)42-73(71)52-82(78)91(76-47-68(58-27-11-3-12-28-58)44-69(48-76)59-29-13-4-14-30-59)84-54-74(53-83(90)85(84)87)86-88-79(60-31-15-5-16-32-60)55-80(89-86)61-33-17-6-18-34-61/h1-55H. The molecule has 16 aromatic rings. The predicted molar refractivity (Wildman–Crippen MR) is 384 cm³/mol. The molecule has 18 rings (SSSR count). The van der Waals surface area contributed by atoms with Crippen molar-refractivity contribution in [1.82, 2.24) is 9.97 Å². The zero-order valence-corrected chi connectivity index (χ0v) is 49.6. The maximum atomic E-state index is 5.65. The fourth-order valence-corrected chi connectivity index (χ4v) is 14.3. The largest absolute Gasteiger partial charge is 0.311 e. The highest BCUT2D eigenvalue weighted by molar-refractivity contribution is 7.00. The Hall–Kier alpha value is -11.9. The fourth-order valence-electron chi connectivity index (χ4n) is 14.3. The van der Waals surface area contributed by atoms with Gasteiger partial charge in [-0.05, 0) is 195 Å². The van der Waals surface area contributed by atoms with Crippen LogP contribution >= 0.6 is 0 Å². The molecule has 422 valence electrons. The lowest BCUT2D eigenvalue weighted by Crippen LogP contribution is -2.61. The number of fused-ring (bicyclic) bond motifs is 8. The monoisotopic (exact) mass is 1150 g/mol. The number of aromatic nitrogens is 2. The normalized spacial score (nSPS) is 12.3. The summed E-state index contributed by atoms with van der Waals surface area (Å²) in [6.45, 7) is -0.225. The molecule has 0 saturated heterocycles. The zero-order chi connectivity index (χ0) is 59.9. The molecule has 0 bridgehead atoms. The van der Waals surface area contributed by atoms with Crippen molar-refractivity contribution in [2.24, 2.45) is 0 Å². The van der Waals surface area contributed by atoms with E-state index in [2.05, 4.69) is 343 Å². The Morgan fingerprint density at radius 1 is 0.209 bits per heavy atom. The van der Waals surface area contributed by atoms with Crippen LogP contribution in [0.25, 0.3) is 122 Å². The van der Waals surface area contributed by atoms with Crippen LogP contribution in [-0.4, -0.2) is 16.7 Å². The highest BCUT2D eigenvalue weighted by Crippen LogP contribution is 2.50. The molecule has 0 atom stereocenters. The van der Waals surface area contributed by atoms with Gasteiger partial charge >= 0.3 is 0 Å². The minimum Gasteiger partial charge on any atom is -0.311 e. The van der Waals surface area contributed by atoms with Gasteiger partial charge < -0.3 is 9.80 Å². The summed E-state index contributed by atoms with van der Waals surface area (Å²) in [6.07, 6.45) is 0. The third kappa shape index (κ3) is 9.16. The minimum atomic E-state index is -0.225. The lowest BCUT2D eigenvalue weighted by molar-refractivity contribution is 1.18. The molecule has 0 fully saturated rings. The molecule has 0 spiro atoms. The van der Waals surface area contributed by atoms with Gasteiger partial charge in [-0.1, -0.05) is 243 Å². The lowest BCUT2D eigenvalue weighted by atomic mass is 9.33. The van der Waals surface area contributed by atoms with Crippen LogP contribution in [-0.2, 0) is 0 Å². The second-order valence-electron chi connectivity index (χ2n) is 24.1. The van der Waals surface area contributed by atoms with Crippen LogP contribution in [0, 0.1) is 0 Å². The summed E-state index contributed by atoms with van der Waals surface area (Å²) in [5.41, 5.74) is 23.8. The highest BCUT2D eigenvalue weighted by Gasteiger charge is 2.45. The zero-order valence-electron chi connectivity index (χ0n) is 49.6. The average molecular weight is 1160 g/mol. The maximum absolute atomic E-state index is 5.65. The van der Waals surface area contributed by atoms with Gasteiger partial charge in [-0.15, -0.1) is 0 Å². The number of rotatable bonds is 9. The molecule has 1 aromatic heterocycles. The molecule has 4 nitrogen and oxygen atoms in total. The second kappa shape index (κ2) is 21.4. The van der Waals surface area contributed by atoms with Crippen molar-refractivity contribution in [3.8, 4) is 78.4 Å². The van der Waals surface area contributed by atoms with E-state index < -0.39 is 0 Å². The molecule has 2 aliphatic heterocycles. The number of hydrogen-bond donors (Lipinski definition) is 0. The van der Waals surface area contributed by atoms with Crippen LogP contribution in [0.5, 0.6) is 0 Å². The molecule has 0 saturated carbocycles. The lowest BCUT2D eigenvalue weighted by Gasteiger charge is -2.45. The number of nitrogens with zero attached hydrogens (tertiary/aromatic N) is 4. The van der Waals surface area contributed by atoms with Crippen molar-refractivity contribution >= 4 is 100 Å². The first-order valence-corrected chi connectivity index (χ1v) is 31.3. The van der Waals surface area contributed by atoms with Gasteiger partial charge in [0, 0.05) is 50.8 Å². The van der Waals surface area contributed by atoms with E-state index in [0.717, 1.165) is 107 Å². The quantitative estimate of drug-likeness (QED) is 0.106. The Morgan fingerprint density at radius 3 is 0.835 bits per heavy atom. The van der Waals surface area contributed by atoms with Crippen LogP contribution in [0.1, 0.15) is 0 Å². The van der Waals surface area contributed by atoms with Gasteiger partial charge in [0.15, 0.2) is 5.82 Å². The summed E-state index contributed by atoms with van der Waals surface area (Å²) in [4.78, 5) is 16.5. The second-order valence-corrected chi connectivity index (χ2v) is 24.1. The first-order valence-electron chi connectivity index (χ1n) is 31.3. The SMILES string of the molecule is c1ccc(-c2cc(-c3ccccc3)cc(N3c4cc5cc6ccccc6cc5cc4B4c5cc6cc7ccccc7cc6cc5N(c5cc(-c6ccccc6)cc(-c6ccccc6)c5)c5cc(-c6nc(-c7ccccc7)cc(-c7ccccc7)n6)cc3c54)c2)cc1. The molecule has 0 N–H and O–H groups in total. The molecular formula is C86H55BN4. The van der Waals surface area contributed by atoms with E-state index in [4.69, 9.17) is 9.97 Å². The van der Waals surface area contributed by atoms with Gasteiger partial charge in [0.1, 0.15) is 0 Å². The summed E-state index contributed by atoms with van der Waals surface area (Å²) >= 11 is 0. The van der Waals surface area contributed by atoms with Crippen molar-refractivity contribution < 1.29 is 0 Å². The van der Waals surface area contributed by atoms with E-state index >= 15 is 0 Å². The summed E-state index contributed by atoms with van der Waals surface area (Å²) in [5, 5.41) is 9.56. The van der Waals surface area contributed by atoms with Gasteiger partial charge in [0.25, 0.3) is 6.71 Å². The van der Waals surface area contributed by atoms with E-state index in [1.54, 1.807) is 0 Å². The van der Waals surface area contributed by atoms with Crippen LogP contribution in [0.2, 0.25) is 0 Å². The summed E-state index contributed by atoms with van der Waals surface area (Å²) in [6, 6.07) is 123. The molecule has 5 heteroatoms. The summed E-state index contributed by atoms with van der Waals surface area (Å²) < 4.78 is 0.